The molecule has 0 aliphatic rings. The van der Waals surface area contributed by atoms with Crippen LogP contribution < -0.4 is 10.6 Å². The van der Waals surface area contributed by atoms with Gasteiger partial charge in [-0.25, -0.2) is 4.79 Å². The predicted molar refractivity (Wildman–Crippen MR) is 87.9 cm³/mol. The van der Waals surface area contributed by atoms with Gasteiger partial charge in [0, 0.05) is 17.1 Å². The topological polar surface area (TPSA) is 55.6 Å². The van der Waals surface area contributed by atoms with E-state index in [-0.39, 0.29) is 5.97 Å². The lowest BCUT2D eigenvalue weighted by Crippen LogP contribution is -2.24. The Hall–Kier alpha value is -2.01. The highest BCUT2D eigenvalue weighted by molar-refractivity contribution is 7.09. The van der Waals surface area contributed by atoms with Gasteiger partial charge in [0.2, 0.25) is 0 Å². The van der Waals surface area contributed by atoms with Crippen LogP contribution >= 0.6 is 11.3 Å². The van der Waals surface area contributed by atoms with Crippen LogP contribution in [0.5, 0.6) is 0 Å². The van der Waals surface area contributed by atoms with E-state index in [4.69, 9.17) is 10.5 Å². The number of ether oxygens (including phenoxy) is 1. The molecule has 21 heavy (non-hydrogen) atoms. The molecule has 2 N–H and O–H groups in total. The Morgan fingerprint density at radius 2 is 2.14 bits per heavy atom. The van der Waals surface area contributed by atoms with Crippen molar-refractivity contribution in [3.8, 4) is 0 Å². The number of nitrogens with two attached hydrogens (primary N) is 1. The zero-order valence-corrected chi connectivity index (χ0v) is 13.2. The number of carbonyl (C=O) groups excluding carboxylic acids is 1. The molecule has 2 aromatic rings. The van der Waals surface area contributed by atoms with Gasteiger partial charge in [0.25, 0.3) is 0 Å². The Kier molecular flexibility index (Phi) is 5.22. The fourth-order valence-corrected chi connectivity index (χ4v) is 2.88. The molecule has 0 aliphatic heterocycles. The summed E-state index contributed by atoms with van der Waals surface area (Å²) in [6.45, 7) is 5.79. The molecule has 0 fully saturated rings. The number of hydrogen-bond donors (Lipinski definition) is 1. The fourth-order valence-electron chi connectivity index (χ4n) is 2.16. The van der Waals surface area contributed by atoms with E-state index in [0.717, 1.165) is 18.8 Å². The molecule has 1 heterocycles. The number of hydrogen-bond acceptors (Lipinski definition) is 5. The summed E-state index contributed by atoms with van der Waals surface area (Å²) >= 11 is 1.71. The minimum absolute atomic E-state index is 0.329. The van der Waals surface area contributed by atoms with Gasteiger partial charge >= 0.3 is 5.97 Å². The maximum absolute atomic E-state index is 12.1. The van der Waals surface area contributed by atoms with Gasteiger partial charge < -0.3 is 15.4 Å². The Balaban J connectivity index is 2.33. The highest BCUT2D eigenvalue weighted by Crippen LogP contribution is 2.26. The van der Waals surface area contributed by atoms with Crippen LogP contribution in [0, 0.1) is 0 Å². The van der Waals surface area contributed by atoms with Gasteiger partial charge in [-0.2, -0.15) is 0 Å². The van der Waals surface area contributed by atoms with E-state index in [2.05, 4.69) is 23.3 Å². The third-order valence-corrected chi connectivity index (χ3v) is 4.03. The third kappa shape index (κ3) is 3.76. The van der Waals surface area contributed by atoms with E-state index in [1.807, 2.05) is 18.2 Å². The first-order chi connectivity index (χ1) is 10.2. The summed E-state index contributed by atoms with van der Waals surface area (Å²) in [6, 6.07) is 9.51. The molecule has 0 radical (unpaired) electrons. The van der Waals surface area contributed by atoms with Crippen molar-refractivity contribution >= 4 is 28.7 Å². The lowest BCUT2D eigenvalue weighted by Gasteiger charge is -2.25. The van der Waals surface area contributed by atoms with Gasteiger partial charge in [-0.1, -0.05) is 6.07 Å². The summed E-state index contributed by atoms with van der Waals surface area (Å²) < 4.78 is 5.13. The number of rotatable bonds is 6. The van der Waals surface area contributed by atoms with Crippen LogP contribution in [0.4, 0.5) is 11.4 Å². The molecule has 1 aromatic heterocycles. The molecular formula is C16H20N2O2S. The summed E-state index contributed by atoms with van der Waals surface area (Å²) in [4.78, 5) is 15.5. The Morgan fingerprint density at radius 3 is 2.76 bits per heavy atom. The van der Waals surface area contributed by atoms with Crippen LogP contribution in [-0.2, 0) is 11.3 Å². The number of benzene rings is 1. The van der Waals surface area contributed by atoms with Gasteiger partial charge in [-0.3, -0.25) is 0 Å². The summed E-state index contributed by atoms with van der Waals surface area (Å²) in [5.41, 5.74) is 7.76. The van der Waals surface area contributed by atoms with E-state index in [0.29, 0.717) is 17.9 Å². The average Bonchev–Trinajstić information content (AvgIpc) is 2.98. The molecule has 5 heteroatoms. The number of carbonyl (C=O) groups is 1. The maximum Gasteiger partial charge on any atom is 0.340 e. The van der Waals surface area contributed by atoms with Crippen LogP contribution in [0.15, 0.2) is 35.7 Å². The van der Waals surface area contributed by atoms with Crippen LogP contribution in [0.25, 0.3) is 0 Å². The van der Waals surface area contributed by atoms with Crippen molar-refractivity contribution in [2.75, 3.05) is 23.8 Å². The first-order valence-corrected chi connectivity index (χ1v) is 7.87. The maximum atomic E-state index is 12.1. The standard InChI is InChI=1S/C16H20N2O2S/c1-3-18(11-13-6-5-9-21-13)15-8-7-12(17)10-14(15)16(19)20-4-2/h5-10H,3-4,11,17H2,1-2H3. The Labute approximate surface area is 129 Å². The van der Waals surface area contributed by atoms with Gasteiger partial charge in [-0.15, -0.1) is 11.3 Å². The summed E-state index contributed by atoms with van der Waals surface area (Å²) in [6.07, 6.45) is 0. The number of nitrogens with zero attached hydrogens (tertiary/aromatic N) is 1. The second-order valence-electron chi connectivity index (χ2n) is 4.59. The van der Waals surface area contributed by atoms with E-state index in [1.54, 1.807) is 24.3 Å². The summed E-state index contributed by atoms with van der Waals surface area (Å²) in [7, 11) is 0. The molecule has 0 aliphatic carbocycles. The average molecular weight is 304 g/mol. The SMILES string of the molecule is CCOC(=O)c1cc(N)ccc1N(CC)Cc1cccs1. The van der Waals surface area contributed by atoms with Crippen LogP contribution in [0.3, 0.4) is 0 Å². The monoisotopic (exact) mass is 304 g/mol. The van der Waals surface area contributed by atoms with E-state index in [1.165, 1.54) is 4.88 Å². The normalized spacial score (nSPS) is 10.4. The van der Waals surface area contributed by atoms with Crippen LogP contribution in [0.1, 0.15) is 29.1 Å². The quantitative estimate of drug-likeness (QED) is 0.655. The number of anilines is 2. The Bertz CT molecular complexity index is 596. The van der Waals surface area contributed by atoms with E-state index in [9.17, 15) is 4.79 Å². The second-order valence-corrected chi connectivity index (χ2v) is 5.62. The highest BCUT2D eigenvalue weighted by Gasteiger charge is 2.17. The molecule has 0 bridgehead atoms. The number of nitrogen functional groups attached to an aromatic ring is 1. The van der Waals surface area contributed by atoms with E-state index >= 15 is 0 Å². The molecule has 2 rings (SSSR count). The zero-order valence-electron chi connectivity index (χ0n) is 12.3. The summed E-state index contributed by atoms with van der Waals surface area (Å²) in [5, 5.41) is 2.05. The number of esters is 1. The van der Waals surface area contributed by atoms with Gasteiger partial charge in [0.15, 0.2) is 0 Å². The van der Waals surface area contributed by atoms with Crippen molar-refractivity contribution < 1.29 is 9.53 Å². The molecule has 0 unspecified atom stereocenters. The van der Waals surface area contributed by atoms with Crippen LogP contribution in [-0.4, -0.2) is 19.1 Å². The van der Waals surface area contributed by atoms with Crippen molar-refractivity contribution in [1.82, 2.24) is 0 Å². The summed E-state index contributed by atoms with van der Waals surface area (Å²) in [5.74, 6) is -0.329. The molecule has 0 saturated carbocycles. The molecule has 1 aromatic carbocycles. The molecular weight excluding hydrogens is 284 g/mol. The second kappa shape index (κ2) is 7.13. The molecule has 112 valence electrons. The smallest absolute Gasteiger partial charge is 0.340 e. The van der Waals surface area contributed by atoms with E-state index < -0.39 is 0 Å². The third-order valence-electron chi connectivity index (χ3n) is 3.17. The lowest BCUT2D eigenvalue weighted by molar-refractivity contribution is 0.0527. The van der Waals surface area contributed by atoms with Crippen molar-refractivity contribution in [2.45, 2.75) is 20.4 Å². The Morgan fingerprint density at radius 1 is 1.33 bits per heavy atom. The van der Waals surface area contributed by atoms with Crippen molar-refractivity contribution in [3.05, 3.63) is 46.2 Å². The molecule has 0 amide bonds. The first kappa shape index (κ1) is 15.4. The number of thiophene rings is 1. The zero-order chi connectivity index (χ0) is 15.2. The van der Waals surface area contributed by atoms with Crippen LogP contribution in [0.2, 0.25) is 0 Å². The highest BCUT2D eigenvalue weighted by atomic mass is 32.1. The molecule has 0 saturated heterocycles. The lowest BCUT2D eigenvalue weighted by atomic mass is 10.1. The minimum Gasteiger partial charge on any atom is -0.462 e. The molecule has 0 spiro atoms. The minimum atomic E-state index is -0.329. The van der Waals surface area contributed by atoms with Gasteiger partial charge in [-0.05, 0) is 43.5 Å². The van der Waals surface area contributed by atoms with Crippen molar-refractivity contribution in [3.63, 3.8) is 0 Å². The first-order valence-electron chi connectivity index (χ1n) is 6.99. The fraction of sp³-hybridized carbons (Fsp3) is 0.312. The molecule has 0 atom stereocenters. The van der Waals surface area contributed by atoms with Gasteiger partial charge in [0.05, 0.1) is 24.4 Å². The molecule has 4 nitrogen and oxygen atoms in total. The largest absolute Gasteiger partial charge is 0.462 e. The van der Waals surface area contributed by atoms with Crippen molar-refractivity contribution in [2.24, 2.45) is 0 Å². The predicted octanol–water partition coefficient (Wildman–Crippen LogP) is 3.53. The van der Waals surface area contributed by atoms with Gasteiger partial charge in [0.1, 0.15) is 0 Å². The van der Waals surface area contributed by atoms with Crippen molar-refractivity contribution in [1.29, 1.82) is 0 Å².